The summed E-state index contributed by atoms with van der Waals surface area (Å²) >= 11 is 0. The van der Waals surface area contributed by atoms with Crippen molar-refractivity contribution in [2.45, 2.75) is 37.8 Å². The Balaban J connectivity index is 1.21. The van der Waals surface area contributed by atoms with Gasteiger partial charge < -0.3 is 19.9 Å². The van der Waals surface area contributed by atoms with E-state index >= 15 is 4.39 Å². The number of aromatic nitrogens is 1. The zero-order chi connectivity index (χ0) is 24.4. The van der Waals surface area contributed by atoms with E-state index < -0.39 is 0 Å². The molecule has 7 nitrogen and oxygen atoms in total. The van der Waals surface area contributed by atoms with Gasteiger partial charge in [0.1, 0.15) is 11.9 Å². The fraction of sp³-hybridized carbons (Fsp3) is 0.429. The Kier molecular flexibility index (Phi) is 5.14. The molecule has 4 aliphatic rings. The Labute approximate surface area is 210 Å². The van der Waals surface area contributed by atoms with Crippen molar-refractivity contribution in [2.75, 3.05) is 49.1 Å². The molecule has 2 unspecified atom stereocenters. The van der Waals surface area contributed by atoms with E-state index in [1.807, 2.05) is 24.3 Å². The first kappa shape index (κ1) is 22.0. The Morgan fingerprint density at radius 2 is 1.86 bits per heavy atom. The van der Waals surface area contributed by atoms with Gasteiger partial charge in [0.2, 0.25) is 0 Å². The third kappa shape index (κ3) is 3.46. The lowest BCUT2D eigenvalue weighted by Crippen LogP contribution is -2.58. The summed E-state index contributed by atoms with van der Waals surface area (Å²) < 4.78 is 21.6. The van der Waals surface area contributed by atoms with Gasteiger partial charge in [-0.15, -0.1) is 0 Å². The second kappa shape index (κ2) is 8.41. The maximum atomic E-state index is 15.6. The molecule has 5 heterocycles. The largest absolute Gasteiger partial charge is 0.369 e. The molecule has 0 radical (unpaired) electrons. The number of nitriles is 1. The summed E-state index contributed by atoms with van der Waals surface area (Å²) in [4.78, 5) is 11.6. The number of pyridine rings is 1. The molecule has 36 heavy (non-hydrogen) atoms. The first-order chi connectivity index (χ1) is 17.6. The number of morpholine rings is 2. The normalized spacial score (nSPS) is 27.6. The van der Waals surface area contributed by atoms with Gasteiger partial charge in [0, 0.05) is 69.1 Å². The van der Waals surface area contributed by atoms with Crippen LogP contribution >= 0.6 is 0 Å². The molecule has 3 aromatic rings. The fourth-order valence-corrected chi connectivity index (χ4v) is 6.64. The number of anilines is 2. The lowest BCUT2D eigenvalue weighted by Gasteiger charge is -2.44. The molecule has 3 fully saturated rings. The molecule has 4 aliphatic heterocycles. The molecule has 0 aliphatic carbocycles. The van der Waals surface area contributed by atoms with Gasteiger partial charge in [-0.3, -0.25) is 9.88 Å². The zero-order valence-corrected chi connectivity index (χ0v) is 20.3. The molecular formula is C28H29FN6O. The molecule has 2 bridgehead atoms. The van der Waals surface area contributed by atoms with Crippen molar-refractivity contribution < 1.29 is 9.13 Å². The van der Waals surface area contributed by atoms with Crippen LogP contribution in [0, 0.1) is 17.1 Å². The van der Waals surface area contributed by atoms with Crippen molar-refractivity contribution in [3.63, 3.8) is 0 Å². The van der Waals surface area contributed by atoms with Gasteiger partial charge in [0.05, 0.1) is 35.0 Å². The Bertz CT molecular complexity index is 1380. The summed E-state index contributed by atoms with van der Waals surface area (Å²) in [5, 5.41) is 13.9. The predicted octanol–water partition coefficient (Wildman–Crippen LogP) is 3.19. The van der Waals surface area contributed by atoms with E-state index in [0.29, 0.717) is 17.3 Å². The summed E-state index contributed by atoms with van der Waals surface area (Å²) in [6, 6.07) is 14.4. The van der Waals surface area contributed by atoms with E-state index in [2.05, 4.69) is 44.1 Å². The number of hydrogen-bond donors (Lipinski definition) is 1. The third-order valence-corrected chi connectivity index (χ3v) is 8.29. The topological polar surface area (TPSA) is 67.7 Å². The van der Waals surface area contributed by atoms with Gasteiger partial charge >= 0.3 is 0 Å². The van der Waals surface area contributed by atoms with Gasteiger partial charge in [-0.25, -0.2) is 4.39 Å². The summed E-state index contributed by atoms with van der Waals surface area (Å²) in [7, 11) is 0. The molecule has 0 saturated carbocycles. The third-order valence-electron chi connectivity index (χ3n) is 8.29. The number of nitrogens with zero attached hydrogens (tertiary/aromatic N) is 5. The number of hydrogen-bond acceptors (Lipinski definition) is 7. The predicted molar refractivity (Wildman–Crippen MR) is 137 cm³/mol. The number of ether oxygens (including phenoxy) is 1. The van der Waals surface area contributed by atoms with Crippen LogP contribution in [0.25, 0.3) is 10.9 Å². The minimum absolute atomic E-state index is 0.113. The van der Waals surface area contributed by atoms with Gasteiger partial charge in [-0.2, -0.15) is 5.26 Å². The average molecular weight is 485 g/mol. The van der Waals surface area contributed by atoms with Crippen LogP contribution in [0.3, 0.4) is 0 Å². The van der Waals surface area contributed by atoms with E-state index in [-0.39, 0.29) is 24.1 Å². The van der Waals surface area contributed by atoms with Crippen LogP contribution in [0.4, 0.5) is 15.8 Å². The van der Waals surface area contributed by atoms with Gasteiger partial charge in [0.15, 0.2) is 0 Å². The smallest absolute Gasteiger partial charge is 0.146 e. The maximum absolute atomic E-state index is 15.6. The minimum Gasteiger partial charge on any atom is -0.369 e. The minimum atomic E-state index is -0.138. The molecule has 184 valence electrons. The highest BCUT2D eigenvalue weighted by Gasteiger charge is 2.41. The lowest BCUT2D eigenvalue weighted by molar-refractivity contribution is -0.0485. The highest BCUT2D eigenvalue weighted by atomic mass is 19.1. The van der Waals surface area contributed by atoms with E-state index in [4.69, 9.17) is 4.74 Å². The van der Waals surface area contributed by atoms with Crippen LogP contribution < -0.4 is 15.1 Å². The van der Waals surface area contributed by atoms with Crippen LogP contribution in [0.1, 0.15) is 29.7 Å². The second-order valence-corrected chi connectivity index (χ2v) is 10.5. The number of piperazine rings is 1. The second-order valence-electron chi connectivity index (χ2n) is 10.5. The van der Waals surface area contributed by atoms with Crippen molar-refractivity contribution in [2.24, 2.45) is 0 Å². The molecule has 2 aromatic carbocycles. The highest BCUT2D eigenvalue weighted by molar-refractivity contribution is 5.95. The number of benzene rings is 2. The van der Waals surface area contributed by atoms with Crippen molar-refractivity contribution in [3.05, 3.63) is 65.1 Å². The molecule has 4 atom stereocenters. The quantitative estimate of drug-likeness (QED) is 0.599. The summed E-state index contributed by atoms with van der Waals surface area (Å²) in [5.74, 6) is -0.138. The molecule has 8 heteroatoms. The number of fused-ring (bicyclic) bond motifs is 6. The zero-order valence-electron chi connectivity index (χ0n) is 20.3. The standard InChI is InChI=1S/C28H29FN6O/c1-17-12-33(25-5-4-18(9-30)28-22(25)3-2-6-32-28)16-27-23-8-24(29)26(7-19(23)13-35(17)27)34-14-20-10-31-11-21(15-34)36-20/h2-8,17,20-21,27,31H,10-16H2,1H3/t17-,20?,21?,27-/m1/s1. The van der Waals surface area contributed by atoms with E-state index in [0.717, 1.165) is 68.0 Å². The highest BCUT2D eigenvalue weighted by Crippen LogP contribution is 2.43. The SMILES string of the molecule is C[C@@H]1CN(c2ccc(C#N)c3ncccc23)C[C@@H]2c3cc(F)c(N4CC5CNCC(C4)O5)cc3CN12. The first-order valence-corrected chi connectivity index (χ1v) is 12.8. The van der Waals surface area contributed by atoms with Gasteiger partial charge in [-0.05, 0) is 54.4 Å². The van der Waals surface area contributed by atoms with Crippen LogP contribution in [0.15, 0.2) is 42.6 Å². The molecule has 1 aromatic heterocycles. The number of nitrogens with one attached hydrogen (secondary N) is 1. The molecule has 0 amide bonds. The van der Waals surface area contributed by atoms with E-state index in [1.54, 1.807) is 12.3 Å². The summed E-state index contributed by atoms with van der Waals surface area (Å²) in [5.41, 5.74) is 5.45. The van der Waals surface area contributed by atoms with Gasteiger partial charge in [-0.1, -0.05) is 0 Å². The molecule has 0 spiro atoms. The van der Waals surface area contributed by atoms with E-state index in [1.165, 1.54) is 5.56 Å². The Morgan fingerprint density at radius 3 is 2.67 bits per heavy atom. The summed E-state index contributed by atoms with van der Waals surface area (Å²) in [6.07, 6.45) is 1.96. The Hall–Kier alpha value is -3.25. The van der Waals surface area contributed by atoms with Crippen molar-refractivity contribution in [1.82, 2.24) is 15.2 Å². The van der Waals surface area contributed by atoms with Crippen LogP contribution in [0.2, 0.25) is 0 Å². The van der Waals surface area contributed by atoms with Crippen LogP contribution in [-0.2, 0) is 11.3 Å². The maximum Gasteiger partial charge on any atom is 0.146 e. The Morgan fingerprint density at radius 1 is 1.06 bits per heavy atom. The van der Waals surface area contributed by atoms with E-state index in [9.17, 15) is 5.26 Å². The molecule has 7 rings (SSSR count). The molecule has 3 saturated heterocycles. The summed E-state index contributed by atoms with van der Waals surface area (Å²) in [6.45, 7) is 7.82. The van der Waals surface area contributed by atoms with Crippen LogP contribution in [0.5, 0.6) is 0 Å². The molecular weight excluding hydrogens is 455 g/mol. The van der Waals surface area contributed by atoms with Crippen molar-refractivity contribution in [1.29, 1.82) is 5.26 Å². The fourth-order valence-electron chi connectivity index (χ4n) is 6.64. The average Bonchev–Trinajstić information content (AvgIpc) is 3.25. The van der Waals surface area contributed by atoms with Gasteiger partial charge in [0.25, 0.3) is 0 Å². The number of halogens is 1. The van der Waals surface area contributed by atoms with Crippen LogP contribution in [-0.4, -0.2) is 67.4 Å². The molecule has 1 N–H and O–H groups in total. The van der Waals surface area contributed by atoms with Crippen molar-refractivity contribution in [3.8, 4) is 6.07 Å². The lowest BCUT2D eigenvalue weighted by atomic mass is 9.99. The number of rotatable bonds is 2. The van der Waals surface area contributed by atoms with Crippen molar-refractivity contribution >= 4 is 22.3 Å². The first-order valence-electron chi connectivity index (χ1n) is 12.8. The monoisotopic (exact) mass is 484 g/mol.